The van der Waals surface area contributed by atoms with E-state index in [0.29, 0.717) is 6.54 Å². The Balaban J connectivity index is 1.53. The van der Waals surface area contributed by atoms with Gasteiger partial charge in [-0.2, -0.15) is 0 Å². The van der Waals surface area contributed by atoms with Crippen molar-refractivity contribution in [2.24, 2.45) is 5.41 Å². The second-order valence-electron chi connectivity index (χ2n) is 7.77. The first kappa shape index (κ1) is 16.6. The zero-order valence-corrected chi connectivity index (χ0v) is 15.0. The molecule has 26 heavy (non-hydrogen) atoms. The fraction of sp³-hybridized carbons (Fsp3) is 0.350. The predicted octanol–water partition coefficient (Wildman–Crippen LogP) is 2.47. The third-order valence-corrected chi connectivity index (χ3v) is 5.10. The first-order valence-corrected chi connectivity index (χ1v) is 8.86. The number of aromatic nitrogens is 3. The number of hydrogen-bond donors (Lipinski definition) is 2. The highest BCUT2D eigenvalue weighted by Crippen LogP contribution is 2.33. The maximum absolute atomic E-state index is 12.5. The third kappa shape index (κ3) is 3.14. The SMILES string of the molecule is CC1(C)CCc2[nH]c(=O)c(C(=O)NCc3ccn4ccnc4c3)cc2C1. The molecule has 1 aliphatic rings. The van der Waals surface area contributed by atoms with Gasteiger partial charge in [0.1, 0.15) is 11.2 Å². The Bertz CT molecular complexity index is 1050. The van der Waals surface area contributed by atoms with Gasteiger partial charge in [-0.05, 0) is 54.0 Å². The molecule has 0 saturated heterocycles. The lowest BCUT2D eigenvalue weighted by Crippen LogP contribution is -2.32. The molecular formula is C20H22N4O2. The van der Waals surface area contributed by atoms with Crippen molar-refractivity contribution in [3.05, 3.63) is 69.5 Å². The molecule has 0 aliphatic heterocycles. The van der Waals surface area contributed by atoms with E-state index in [2.05, 4.69) is 29.1 Å². The van der Waals surface area contributed by atoms with Crippen molar-refractivity contribution in [1.29, 1.82) is 0 Å². The van der Waals surface area contributed by atoms with Gasteiger partial charge >= 0.3 is 0 Å². The average Bonchev–Trinajstić information content (AvgIpc) is 3.06. The van der Waals surface area contributed by atoms with Crippen LogP contribution in [-0.4, -0.2) is 20.3 Å². The standard InChI is InChI=1S/C20H22N4O2/c1-20(2)5-3-16-14(11-20)10-15(19(26)23-16)18(25)22-12-13-4-7-24-8-6-21-17(24)9-13/h4,6-10H,3,5,11-12H2,1-2H3,(H,22,25)(H,23,26). The molecule has 0 saturated carbocycles. The molecule has 2 N–H and O–H groups in total. The van der Waals surface area contributed by atoms with Crippen LogP contribution >= 0.6 is 0 Å². The monoisotopic (exact) mass is 350 g/mol. The van der Waals surface area contributed by atoms with Crippen LogP contribution < -0.4 is 10.9 Å². The van der Waals surface area contributed by atoms with Gasteiger partial charge in [0.2, 0.25) is 0 Å². The first-order valence-electron chi connectivity index (χ1n) is 8.86. The number of fused-ring (bicyclic) bond motifs is 2. The van der Waals surface area contributed by atoms with Crippen molar-refractivity contribution in [2.45, 2.75) is 39.7 Å². The molecule has 0 aromatic carbocycles. The smallest absolute Gasteiger partial charge is 0.261 e. The van der Waals surface area contributed by atoms with E-state index in [1.807, 2.05) is 28.9 Å². The highest BCUT2D eigenvalue weighted by Gasteiger charge is 2.27. The fourth-order valence-electron chi connectivity index (χ4n) is 3.57. The van der Waals surface area contributed by atoms with Crippen LogP contribution in [0.15, 0.2) is 41.6 Å². The van der Waals surface area contributed by atoms with Crippen molar-refractivity contribution >= 4 is 11.6 Å². The molecule has 0 bridgehead atoms. The number of imidazole rings is 1. The van der Waals surface area contributed by atoms with E-state index in [1.54, 1.807) is 12.3 Å². The van der Waals surface area contributed by atoms with E-state index >= 15 is 0 Å². The molecule has 6 heteroatoms. The van der Waals surface area contributed by atoms with E-state index < -0.39 is 0 Å². The number of rotatable bonds is 3. The Morgan fingerprint density at radius 3 is 3.04 bits per heavy atom. The number of nitrogens with one attached hydrogen (secondary N) is 2. The molecule has 3 aromatic rings. The van der Waals surface area contributed by atoms with Crippen LogP contribution in [0.2, 0.25) is 0 Å². The summed E-state index contributed by atoms with van der Waals surface area (Å²) in [5.41, 5.74) is 3.87. The van der Waals surface area contributed by atoms with Gasteiger partial charge in [-0.15, -0.1) is 0 Å². The van der Waals surface area contributed by atoms with Crippen molar-refractivity contribution in [3.8, 4) is 0 Å². The normalized spacial score (nSPS) is 15.6. The molecule has 6 nitrogen and oxygen atoms in total. The van der Waals surface area contributed by atoms with Crippen molar-refractivity contribution in [2.75, 3.05) is 0 Å². The summed E-state index contributed by atoms with van der Waals surface area (Å²) in [6.45, 7) is 4.78. The molecule has 0 atom stereocenters. The number of pyridine rings is 2. The quantitative estimate of drug-likeness (QED) is 0.761. The second-order valence-corrected chi connectivity index (χ2v) is 7.77. The molecular weight excluding hydrogens is 328 g/mol. The van der Waals surface area contributed by atoms with E-state index in [9.17, 15) is 9.59 Å². The number of carbonyl (C=O) groups is 1. The number of aryl methyl sites for hydroxylation is 1. The van der Waals surface area contributed by atoms with Crippen molar-refractivity contribution < 1.29 is 4.79 Å². The molecule has 3 heterocycles. The number of H-pyrrole nitrogens is 1. The number of amides is 1. The summed E-state index contributed by atoms with van der Waals surface area (Å²) in [5.74, 6) is -0.347. The predicted molar refractivity (Wildman–Crippen MR) is 99.2 cm³/mol. The van der Waals surface area contributed by atoms with Gasteiger partial charge in [-0.1, -0.05) is 13.8 Å². The van der Waals surface area contributed by atoms with Gasteiger partial charge in [0, 0.05) is 30.8 Å². The van der Waals surface area contributed by atoms with E-state index in [1.165, 1.54) is 0 Å². The van der Waals surface area contributed by atoms with Gasteiger partial charge in [0.15, 0.2) is 0 Å². The Morgan fingerprint density at radius 2 is 2.19 bits per heavy atom. The van der Waals surface area contributed by atoms with E-state index in [-0.39, 0.29) is 22.4 Å². The van der Waals surface area contributed by atoms with Gasteiger partial charge < -0.3 is 14.7 Å². The summed E-state index contributed by atoms with van der Waals surface area (Å²) in [6.07, 6.45) is 8.26. The molecule has 4 rings (SSSR count). The van der Waals surface area contributed by atoms with Crippen LogP contribution in [0.25, 0.3) is 5.65 Å². The van der Waals surface area contributed by atoms with Gasteiger partial charge in [-0.25, -0.2) is 4.98 Å². The number of nitrogens with zero attached hydrogens (tertiary/aromatic N) is 2. The maximum Gasteiger partial charge on any atom is 0.261 e. The van der Waals surface area contributed by atoms with Crippen LogP contribution in [0, 0.1) is 5.41 Å². The van der Waals surface area contributed by atoms with Crippen molar-refractivity contribution in [1.82, 2.24) is 19.7 Å². The second kappa shape index (κ2) is 6.12. The van der Waals surface area contributed by atoms with Gasteiger partial charge in [0.25, 0.3) is 11.5 Å². The molecule has 3 aromatic heterocycles. The molecule has 0 radical (unpaired) electrons. The number of aromatic amines is 1. The van der Waals surface area contributed by atoms with Gasteiger partial charge in [0.05, 0.1) is 0 Å². The highest BCUT2D eigenvalue weighted by molar-refractivity contribution is 5.94. The molecule has 0 spiro atoms. The third-order valence-electron chi connectivity index (χ3n) is 5.10. The van der Waals surface area contributed by atoms with Crippen LogP contribution in [0.5, 0.6) is 0 Å². The zero-order chi connectivity index (χ0) is 18.3. The summed E-state index contributed by atoms with van der Waals surface area (Å²) in [6, 6.07) is 5.61. The van der Waals surface area contributed by atoms with E-state index in [4.69, 9.17) is 0 Å². The summed E-state index contributed by atoms with van der Waals surface area (Å²) < 4.78 is 1.90. The summed E-state index contributed by atoms with van der Waals surface area (Å²) >= 11 is 0. The van der Waals surface area contributed by atoms with Crippen molar-refractivity contribution in [3.63, 3.8) is 0 Å². The lowest BCUT2D eigenvalue weighted by Gasteiger charge is -2.31. The average molecular weight is 350 g/mol. The van der Waals surface area contributed by atoms with Crippen LogP contribution in [0.1, 0.15) is 47.4 Å². The number of hydrogen-bond acceptors (Lipinski definition) is 3. The largest absolute Gasteiger partial charge is 0.348 e. The molecule has 1 aliphatic carbocycles. The molecule has 134 valence electrons. The first-order chi connectivity index (χ1) is 12.4. The maximum atomic E-state index is 12.5. The minimum Gasteiger partial charge on any atom is -0.348 e. The Hall–Kier alpha value is -2.89. The van der Waals surface area contributed by atoms with Crippen LogP contribution in [0.4, 0.5) is 0 Å². The van der Waals surface area contributed by atoms with Crippen LogP contribution in [0.3, 0.4) is 0 Å². The topological polar surface area (TPSA) is 79.3 Å². The highest BCUT2D eigenvalue weighted by atomic mass is 16.2. The molecule has 0 unspecified atom stereocenters. The zero-order valence-electron chi connectivity index (χ0n) is 15.0. The summed E-state index contributed by atoms with van der Waals surface area (Å²) in [5, 5.41) is 2.84. The van der Waals surface area contributed by atoms with Crippen LogP contribution in [-0.2, 0) is 19.4 Å². The summed E-state index contributed by atoms with van der Waals surface area (Å²) in [7, 11) is 0. The lowest BCUT2D eigenvalue weighted by atomic mass is 9.76. The van der Waals surface area contributed by atoms with E-state index in [0.717, 1.165) is 41.7 Å². The fourth-order valence-corrected chi connectivity index (χ4v) is 3.57. The number of carbonyl (C=O) groups excluding carboxylic acids is 1. The minimum atomic E-state index is -0.347. The summed E-state index contributed by atoms with van der Waals surface area (Å²) in [4.78, 5) is 32.0. The molecule has 1 amide bonds. The van der Waals surface area contributed by atoms with Gasteiger partial charge in [-0.3, -0.25) is 9.59 Å². The Kier molecular flexibility index (Phi) is 3.90. The lowest BCUT2D eigenvalue weighted by molar-refractivity contribution is 0.0949. The Morgan fingerprint density at radius 1 is 1.35 bits per heavy atom. The molecule has 0 fully saturated rings. The minimum absolute atomic E-state index is 0.184. The Labute approximate surface area is 151 Å².